The summed E-state index contributed by atoms with van der Waals surface area (Å²) in [4.78, 5) is 4.21. The number of hydrogen-bond acceptors (Lipinski definition) is 2. The smallest absolute Gasteiger partial charge is 0.228 e. The first-order valence-electron chi connectivity index (χ1n) is 5.51. The largest absolute Gasteiger partial charge is 0.477 e. The normalized spacial score (nSPS) is 16.1. The maximum absolute atomic E-state index is 5.67. The highest BCUT2D eigenvalue weighted by Gasteiger charge is 2.17. The van der Waals surface area contributed by atoms with Crippen LogP contribution in [0, 0.1) is 12.8 Å². The van der Waals surface area contributed by atoms with Crippen molar-refractivity contribution in [3.8, 4) is 5.88 Å². The van der Waals surface area contributed by atoms with Crippen LogP contribution in [0.5, 0.6) is 5.88 Å². The van der Waals surface area contributed by atoms with Gasteiger partial charge in [-0.05, 0) is 46.8 Å². The predicted octanol–water partition coefficient (Wildman–Crippen LogP) is 3.72. The molecule has 1 aliphatic carbocycles. The summed E-state index contributed by atoms with van der Waals surface area (Å²) in [6.07, 6.45) is 7.12. The number of aryl methyl sites for hydroxylation is 1. The summed E-state index contributed by atoms with van der Waals surface area (Å²) in [7, 11) is 0. The van der Waals surface area contributed by atoms with Crippen molar-refractivity contribution in [3.05, 3.63) is 22.3 Å². The molecule has 0 spiro atoms. The zero-order chi connectivity index (χ0) is 10.7. The zero-order valence-corrected chi connectivity index (χ0v) is 10.6. The van der Waals surface area contributed by atoms with Gasteiger partial charge in [-0.3, -0.25) is 0 Å². The molecule has 0 aliphatic heterocycles. The Morgan fingerprint density at radius 2 is 2.33 bits per heavy atom. The third-order valence-electron chi connectivity index (χ3n) is 3.04. The van der Waals surface area contributed by atoms with Crippen LogP contribution in [0.2, 0.25) is 0 Å². The summed E-state index contributed by atoms with van der Waals surface area (Å²) < 4.78 is 6.65. The molecule has 3 heteroatoms. The van der Waals surface area contributed by atoms with Crippen LogP contribution in [0.4, 0.5) is 0 Å². The zero-order valence-electron chi connectivity index (χ0n) is 9.00. The van der Waals surface area contributed by atoms with Crippen molar-refractivity contribution in [1.82, 2.24) is 4.98 Å². The first-order valence-corrected chi connectivity index (χ1v) is 6.30. The Bertz CT molecular complexity index is 336. The summed E-state index contributed by atoms with van der Waals surface area (Å²) >= 11 is 3.49. The molecule has 1 heterocycles. The molecule has 0 bridgehead atoms. The number of aromatic nitrogens is 1. The molecular weight excluding hydrogens is 254 g/mol. The number of hydrogen-bond donors (Lipinski definition) is 0. The Labute approximate surface area is 99.2 Å². The van der Waals surface area contributed by atoms with E-state index in [-0.39, 0.29) is 0 Å². The Morgan fingerprint density at radius 3 is 3.00 bits per heavy atom. The van der Waals surface area contributed by atoms with E-state index in [2.05, 4.69) is 20.9 Å². The minimum Gasteiger partial charge on any atom is -0.477 e. The molecule has 0 unspecified atom stereocenters. The van der Waals surface area contributed by atoms with Gasteiger partial charge in [-0.1, -0.05) is 19.3 Å². The molecule has 1 aromatic heterocycles. The van der Waals surface area contributed by atoms with E-state index in [0.29, 0.717) is 0 Å². The Hall–Kier alpha value is -0.570. The summed E-state index contributed by atoms with van der Waals surface area (Å²) in [6.45, 7) is 2.84. The summed E-state index contributed by atoms with van der Waals surface area (Å²) in [5.41, 5.74) is 1.17. The lowest BCUT2D eigenvalue weighted by atomic mass is 9.83. The lowest BCUT2D eigenvalue weighted by molar-refractivity contribution is 0.216. The van der Waals surface area contributed by atoms with Gasteiger partial charge in [-0.15, -0.1) is 0 Å². The second-order valence-corrected chi connectivity index (χ2v) is 4.97. The average Bonchev–Trinajstić information content (AvgIpc) is 2.16. The molecule has 0 atom stereocenters. The topological polar surface area (TPSA) is 22.1 Å². The van der Waals surface area contributed by atoms with Crippen LogP contribution in [0.15, 0.2) is 16.7 Å². The molecule has 2 rings (SSSR count). The van der Waals surface area contributed by atoms with E-state index in [0.717, 1.165) is 22.9 Å². The van der Waals surface area contributed by atoms with Crippen LogP contribution in [0.3, 0.4) is 0 Å². The van der Waals surface area contributed by atoms with Crippen molar-refractivity contribution in [2.45, 2.75) is 32.6 Å². The number of nitrogens with zero attached hydrogens (tertiary/aromatic N) is 1. The molecule has 1 fully saturated rings. The van der Waals surface area contributed by atoms with Gasteiger partial charge in [0.05, 0.1) is 11.1 Å². The van der Waals surface area contributed by atoms with Crippen molar-refractivity contribution in [2.75, 3.05) is 6.61 Å². The quantitative estimate of drug-likeness (QED) is 0.831. The number of ether oxygens (including phenoxy) is 1. The summed E-state index contributed by atoms with van der Waals surface area (Å²) in [5.74, 6) is 1.63. The van der Waals surface area contributed by atoms with Gasteiger partial charge in [0.1, 0.15) is 0 Å². The maximum Gasteiger partial charge on any atom is 0.228 e. The third-order valence-corrected chi connectivity index (χ3v) is 4.00. The molecule has 0 aromatic carbocycles. The molecule has 1 aliphatic rings. The van der Waals surface area contributed by atoms with E-state index in [9.17, 15) is 0 Å². The van der Waals surface area contributed by atoms with Crippen LogP contribution >= 0.6 is 15.9 Å². The van der Waals surface area contributed by atoms with Gasteiger partial charge in [0.15, 0.2) is 0 Å². The Morgan fingerprint density at radius 1 is 1.53 bits per heavy atom. The van der Waals surface area contributed by atoms with Gasteiger partial charge in [-0.25, -0.2) is 4.98 Å². The van der Waals surface area contributed by atoms with E-state index in [1.54, 1.807) is 6.20 Å². The predicted molar refractivity (Wildman–Crippen MR) is 64.1 cm³/mol. The van der Waals surface area contributed by atoms with Crippen LogP contribution < -0.4 is 4.74 Å². The molecule has 0 saturated heterocycles. The standard InChI is InChI=1S/C12H16BrNO/c1-9-5-7-14-12(11(9)13)15-8-6-10-3-2-4-10/h5,7,10H,2-4,6,8H2,1H3. The minimum absolute atomic E-state index is 0.731. The number of pyridine rings is 1. The molecule has 0 N–H and O–H groups in total. The first kappa shape index (κ1) is 10.9. The third kappa shape index (κ3) is 2.71. The van der Waals surface area contributed by atoms with Crippen molar-refractivity contribution in [1.29, 1.82) is 0 Å². The van der Waals surface area contributed by atoms with Gasteiger partial charge >= 0.3 is 0 Å². The average molecular weight is 270 g/mol. The molecule has 1 aromatic rings. The van der Waals surface area contributed by atoms with Crippen LogP contribution in [0.1, 0.15) is 31.2 Å². The highest BCUT2D eigenvalue weighted by atomic mass is 79.9. The van der Waals surface area contributed by atoms with Crippen molar-refractivity contribution in [2.24, 2.45) is 5.92 Å². The fourth-order valence-corrected chi connectivity index (χ4v) is 2.07. The SMILES string of the molecule is Cc1ccnc(OCCC2CCC2)c1Br. The number of halogens is 1. The second kappa shape index (κ2) is 4.97. The highest BCUT2D eigenvalue weighted by molar-refractivity contribution is 9.10. The molecule has 82 valence electrons. The Balaban J connectivity index is 1.84. The molecular formula is C12H16BrNO. The Kier molecular flexibility index (Phi) is 3.62. The monoisotopic (exact) mass is 269 g/mol. The molecule has 1 saturated carbocycles. The van der Waals surface area contributed by atoms with Crippen LogP contribution in [-0.4, -0.2) is 11.6 Å². The summed E-state index contributed by atoms with van der Waals surface area (Å²) in [6, 6.07) is 1.98. The van der Waals surface area contributed by atoms with Crippen LogP contribution in [0.25, 0.3) is 0 Å². The lowest BCUT2D eigenvalue weighted by Gasteiger charge is -2.24. The fourth-order valence-electron chi connectivity index (χ4n) is 1.72. The minimum atomic E-state index is 0.731. The first-order chi connectivity index (χ1) is 7.27. The van der Waals surface area contributed by atoms with Gasteiger partial charge in [-0.2, -0.15) is 0 Å². The lowest BCUT2D eigenvalue weighted by Crippen LogP contribution is -2.14. The van der Waals surface area contributed by atoms with Gasteiger partial charge in [0.2, 0.25) is 5.88 Å². The molecule has 0 radical (unpaired) electrons. The summed E-state index contributed by atoms with van der Waals surface area (Å²) in [5, 5.41) is 0. The van der Waals surface area contributed by atoms with Gasteiger partial charge in [0.25, 0.3) is 0 Å². The van der Waals surface area contributed by atoms with Crippen molar-refractivity contribution < 1.29 is 4.74 Å². The molecule has 0 amide bonds. The van der Waals surface area contributed by atoms with Crippen molar-refractivity contribution >= 4 is 15.9 Å². The van der Waals surface area contributed by atoms with E-state index in [1.807, 2.05) is 13.0 Å². The fraction of sp³-hybridized carbons (Fsp3) is 0.583. The van der Waals surface area contributed by atoms with E-state index < -0.39 is 0 Å². The molecule has 15 heavy (non-hydrogen) atoms. The van der Waals surface area contributed by atoms with Gasteiger partial charge < -0.3 is 4.74 Å². The second-order valence-electron chi connectivity index (χ2n) is 4.18. The highest BCUT2D eigenvalue weighted by Crippen LogP contribution is 2.30. The maximum atomic E-state index is 5.67. The van der Waals surface area contributed by atoms with Gasteiger partial charge in [0, 0.05) is 6.20 Å². The van der Waals surface area contributed by atoms with Crippen molar-refractivity contribution in [3.63, 3.8) is 0 Å². The van der Waals surface area contributed by atoms with E-state index in [1.165, 1.54) is 31.2 Å². The van der Waals surface area contributed by atoms with Crippen LogP contribution in [-0.2, 0) is 0 Å². The van der Waals surface area contributed by atoms with E-state index in [4.69, 9.17) is 4.74 Å². The molecule has 2 nitrogen and oxygen atoms in total. The number of rotatable bonds is 4. The van der Waals surface area contributed by atoms with E-state index >= 15 is 0 Å².